The zero-order chi connectivity index (χ0) is 23.6. The van der Waals surface area contributed by atoms with Gasteiger partial charge < -0.3 is 5.32 Å². The summed E-state index contributed by atoms with van der Waals surface area (Å²) >= 11 is 0. The fraction of sp³-hybridized carbons (Fsp3) is 0.0833. The molecule has 1 heterocycles. The Kier molecular flexibility index (Phi) is 5.87. The van der Waals surface area contributed by atoms with E-state index in [4.69, 9.17) is 0 Å². The van der Waals surface area contributed by atoms with Crippen LogP contribution in [-0.4, -0.2) is 42.8 Å². The van der Waals surface area contributed by atoms with Gasteiger partial charge >= 0.3 is 0 Å². The molecular weight excluding hydrogens is 442 g/mol. The van der Waals surface area contributed by atoms with Gasteiger partial charge in [0.15, 0.2) is 17.6 Å². The molecule has 0 bridgehead atoms. The molecule has 3 aromatic carbocycles. The van der Waals surface area contributed by atoms with Gasteiger partial charge in [-0.15, -0.1) is 0 Å². The zero-order valence-electron chi connectivity index (χ0n) is 17.1. The van der Waals surface area contributed by atoms with Crippen molar-refractivity contribution in [1.29, 1.82) is 5.26 Å². The van der Waals surface area contributed by atoms with E-state index in [0.29, 0.717) is 4.31 Å². The van der Waals surface area contributed by atoms with Crippen molar-refractivity contribution < 1.29 is 22.8 Å². The van der Waals surface area contributed by atoms with E-state index in [9.17, 15) is 28.1 Å². The molecule has 0 fully saturated rings. The van der Waals surface area contributed by atoms with Crippen molar-refractivity contribution in [2.75, 3.05) is 11.9 Å². The number of para-hydroxylation sites is 1. The number of nitrogens with one attached hydrogen (secondary N) is 1. The maximum Gasteiger partial charge on any atom is 0.245 e. The normalized spacial score (nSPS) is 16.9. The molecule has 1 N–H and O–H groups in total. The SMILES string of the molecule is N#Cc1ccccc1NC(=O)CN1C(C(=O)c2ccccc2)C(=O)c2ccccc2S1(=O)=O. The molecule has 4 rings (SSSR count). The van der Waals surface area contributed by atoms with Crippen molar-refractivity contribution in [3.63, 3.8) is 0 Å². The Labute approximate surface area is 190 Å². The number of sulfonamides is 1. The Morgan fingerprint density at radius 2 is 1.58 bits per heavy atom. The van der Waals surface area contributed by atoms with E-state index in [0.717, 1.165) is 0 Å². The third-order valence-electron chi connectivity index (χ3n) is 5.20. The van der Waals surface area contributed by atoms with Crippen molar-refractivity contribution >= 4 is 33.2 Å². The molecule has 1 unspecified atom stereocenters. The van der Waals surface area contributed by atoms with Crippen LogP contribution in [0.15, 0.2) is 83.8 Å². The van der Waals surface area contributed by atoms with Gasteiger partial charge in [-0.2, -0.15) is 9.57 Å². The number of Topliss-reactive ketones (excluding diaryl/α,β-unsaturated/α-hetero) is 2. The van der Waals surface area contributed by atoms with E-state index in [1.54, 1.807) is 30.3 Å². The molecule has 0 saturated heterocycles. The predicted octanol–water partition coefficient (Wildman–Crippen LogP) is 2.64. The molecular formula is C24H17N3O5S. The molecule has 164 valence electrons. The first-order chi connectivity index (χ1) is 15.8. The summed E-state index contributed by atoms with van der Waals surface area (Å²) in [5, 5.41) is 11.7. The number of ketones is 2. The molecule has 0 saturated carbocycles. The fourth-order valence-corrected chi connectivity index (χ4v) is 5.35. The van der Waals surface area contributed by atoms with E-state index in [-0.39, 0.29) is 27.3 Å². The maximum atomic E-state index is 13.4. The number of nitriles is 1. The largest absolute Gasteiger partial charge is 0.324 e. The van der Waals surface area contributed by atoms with Crippen LogP contribution in [-0.2, 0) is 14.8 Å². The number of hydrogen-bond donors (Lipinski definition) is 1. The lowest BCUT2D eigenvalue weighted by Gasteiger charge is -2.33. The van der Waals surface area contributed by atoms with Crippen LogP contribution >= 0.6 is 0 Å². The van der Waals surface area contributed by atoms with Crippen LogP contribution in [0.3, 0.4) is 0 Å². The van der Waals surface area contributed by atoms with E-state index < -0.39 is 40.1 Å². The van der Waals surface area contributed by atoms with Gasteiger partial charge in [-0.25, -0.2) is 8.42 Å². The molecule has 0 spiro atoms. The van der Waals surface area contributed by atoms with E-state index >= 15 is 0 Å². The molecule has 0 aliphatic carbocycles. The van der Waals surface area contributed by atoms with Crippen LogP contribution < -0.4 is 5.32 Å². The number of benzene rings is 3. The summed E-state index contributed by atoms with van der Waals surface area (Å²) in [6.07, 6.45) is 0. The fourth-order valence-electron chi connectivity index (χ4n) is 3.65. The Morgan fingerprint density at radius 3 is 2.30 bits per heavy atom. The summed E-state index contributed by atoms with van der Waals surface area (Å²) in [6.45, 7) is -0.786. The molecule has 0 aromatic heterocycles. The van der Waals surface area contributed by atoms with Gasteiger partial charge in [-0.3, -0.25) is 14.4 Å². The van der Waals surface area contributed by atoms with E-state index in [1.165, 1.54) is 48.5 Å². The predicted molar refractivity (Wildman–Crippen MR) is 119 cm³/mol. The second kappa shape index (κ2) is 8.78. The van der Waals surface area contributed by atoms with Crippen molar-refractivity contribution in [2.24, 2.45) is 0 Å². The number of hydrogen-bond acceptors (Lipinski definition) is 6. The average Bonchev–Trinajstić information content (AvgIpc) is 2.83. The van der Waals surface area contributed by atoms with Crippen LogP contribution in [0, 0.1) is 11.3 Å². The smallest absolute Gasteiger partial charge is 0.245 e. The highest BCUT2D eigenvalue weighted by Gasteiger charge is 2.48. The molecule has 3 aromatic rings. The number of fused-ring (bicyclic) bond motifs is 1. The first-order valence-electron chi connectivity index (χ1n) is 9.88. The molecule has 1 aliphatic heterocycles. The molecule has 0 radical (unpaired) electrons. The molecule has 9 heteroatoms. The lowest BCUT2D eigenvalue weighted by Crippen LogP contribution is -2.55. The summed E-state index contributed by atoms with van der Waals surface area (Å²) < 4.78 is 27.4. The van der Waals surface area contributed by atoms with Crippen LogP contribution in [0.2, 0.25) is 0 Å². The van der Waals surface area contributed by atoms with Crippen LogP contribution in [0.1, 0.15) is 26.3 Å². The second-order valence-electron chi connectivity index (χ2n) is 7.25. The zero-order valence-corrected chi connectivity index (χ0v) is 18.0. The second-order valence-corrected chi connectivity index (χ2v) is 9.11. The number of carbonyl (C=O) groups is 3. The molecule has 33 heavy (non-hydrogen) atoms. The number of rotatable bonds is 5. The van der Waals surface area contributed by atoms with Crippen molar-refractivity contribution in [2.45, 2.75) is 10.9 Å². The van der Waals surface area contributed by atoms with Gasteiger partial charge in [0, 0.05) is 11.1 Å². The quantitative estimate of drug-likeness (QED) is 0.462. The summed E-state index contributed by atoms with van der Waals surface area (Å²) in [5.41, 5.74) is 0.423. The van der Waals surface area contributed by atoms with Crippen molar-refractivity contribution in [1.82, 2.24) is 4.31 Å². The highest BCUT2D eigenvalue weighted by molar-refractivity contribution is 7.89. The minimum atomic E-state index is -4.36. The molecule has 1 atom stereocenters. The first kappa shape index (κ1) is 22.1. The van der Waals surface area contributed by atoms with Gasteiger partial charge in [-0.05, 0) is 24.3 Å². The third-order valence-corrected chi connectivity index (χ3v) is 7.07. The summed E-state index contributed by atoms with van der Waals surface area (Å²) in [4.78, 5) is 39.1. The number of anilines is 1. The standard InChI is InChI=1S/C24H17N3O5S/c25-14-17-10-4-6-12-19(17)26-21(28)15-27-22(23(29)16-8-2-1-3-9-16)24(30)18-11-5-7-13-20(18)33(27,31)32/h1-13,22H,15H2,(H,26,28). The number of nitrogens with zero attached hydrogens (tertiary/aromatic N) is 2. The first-order valence-corrected chi connectivity index (χ1v) is 11.3. The molecule has 8 nitrogen and oxygen atoms in total. The summed E-state index contributed by atoms with van der Waals surface area (Å²) in [7, 11) is -4.36. The monoisotopic (exact) mass is 459 g/mol. The molecule has 1 aliphatic rings. The Morgan fingerprint density at radius 1 is 0.939 bits per heavy atom. The summed E-state index contributed by atoms with van der Waals surface area (Å²) in [5.74, 6) is -2.23. The lowest BCUT2D eigenvalue weighted by atomic mass is 9.96. The Bertz CT molecular complexity index is 1410. The summed E-state index contributed by atoms with van der Waals surface area (Å²) in [6, 6.07) is 19.8. The maximum absolute atomic E-state index is 13.4. The number of carbonyl (C=O) groups excluding carboxylic acids is 3. The average molecular weight is 459 g/mol. The van der Waals surface area contributed by atoms with Crippen LogP contribution in [0.25, 0.3) is 0 Å². The minimum absolute atomic E-state index is 0.0988. The van der Waals surface area contributed by atoms with Gasteiger partial charge in [0.05, 0.1) is 22.7 Å². The number of amides is 1. The minimum Gasteiger partial charge on any atom is -0.324 e. The van der Waals surface area contributed by atoms with E-state index in [2.05, 4.69) is 5.32 Å². The Hall–Kier alpha value is -4.13. The lowest BCUT2D eigenvalue weighted by molar-refractivity contribution is -0.116. The van der Waals surface area contributed by atoms with Gasteiger partial charge in [0.1, 0.15) is 6.07 Å². The van der Waals surface area contributed by atoms with Crippen molar-refractivity contribution in [3.8, 4) is 6.07 Å². The molecule has 1 amide bonds. The third kappa shape index (κ3) is 4.05. The van der Waals surface area contributed by atoms with Gasteiger partial charge in [-0.1, -0.05) is 54.6 Å². The highest BCUT2D eigenvalue weighted by atomic mass is 32.2. The Balaban J connectivity index is 1.75. The topological polar surface area (TPSA) is 124 Å². The highest BCUT2D eigenvalue weighted by Crippen LogP contribution is 2.31. The van der Waals surface area contributed by atoms with Gasteiger partial charge in [0.25, 0.3) is 0 Å². The van der Waals surface area contributed by atoms with Gasteiger partial charge in [0.2, 0.25) is 15.9 Å². The van der Waals surface area contributed by atoms with E-state index in [1.807, 2.05) is 6.07 Å². The van der Waals surface area contributed by atoms with Crippen LogP contribution in [0.4, 0.5) is 5.69 Å². The van der Waals surface area contributed by atoms with Crippen LogP contribution in [0.5, 0.6) is 0 Å². The van der Waals surface area contributed by atoms with Crippen molar-refractivity contribution in [3.05, 3.63) is 95.6 Å².